The maximum atomic E-state index is 14.0. The monoisotopic (exact) mass is 662 g/mol. The van der Waals surface area contributed by atoms with Crippen molar-refractivity contribution < 1.29 is 23.9 Å². The van der Waals surface area contributed by atoms with Crippen LogP contribution in [-0.4, -0.2) is 25.0 Å². The lowest BCUT2D eigenvalue weighted by Gasteiger charge is -2.29. The minimum Gasteiger partial charge on any atom is -0.493 e. The van der Waals surface area contributed by atoms with Gasteiger partial charge >= 0.3 is 0 Å². The van der Waals surface area contributed by atoms with Crippen LogP contribution in [0, 0.1) is 5.92 Å². The molecule has 0 spiro atoms. The molecule has 2 aliphatic rings. The van der Waals surface area contributed by atoms with E-state index in [9.17, 15) is 9.59 Å². The second-order valence-electron chi connectivity index (χ2n) is 9.45. The van der Waals surface area contributed by atoms with Gasteiger partial charge in [-0.2, -0.15) is 0 Å². The number of imide groups is 1. The molecule has 2 fully saturated rings. The molecule has 2 heterocycles. The first-order chi connectivity index (χ1) is 19.5. The van der Waals surface area contributed by atoms with E-state index in [0.717, 1.165) is 21.3 Å². The van der Waals surface area contributed by atoms with Gasteiger partial charge in [-0.15, -0.1) is 0 Å². The number of carbonyl (C=O) groups is 2. The van der Waals surface area contributed by atoms with Gasteiger partial charge in [0.1, 0.15) is 12.5 Å². The summed E-state index contributed by atoms with van der Waals surface area (Å²) < 4.78 is 13.4. The molecule has 4 aromatic rings. The quantitative estimate of drug-likeness (QED) is 0.202. The van der Waals surface area contributed by atoms with Crippen LogP contribution in [0.15, 0.2) is 106 Å². The van der Waals surface area contributed by atoms with Crippen LogP contribution < -0.4 is 19.4 Å². The van der Waals surface area contributed by atoms with E-state index in [2.05, 4.69) is 31.9 Å². The SMILES string of the molecule is COc1cc([C@H]2[C@H]3C(=O)N(c4ccc(Br)cc4)C(=O)[C@@H]3ON2c2ccccc2)c(Br)cc1OCc1ccccc1. The number of ether oxygens (including phenoxy) is 2. The molecule has 2 aliphatic heterocycles. The van der Waals surface area contributed by atoms with Crippen LogP contribution >= 0.6 is 31.9 Å². The topological polar surface area (TPSA) is 68.3 Å². The van der Waals surface area contributed by atoms with E-state index in [1.807, 2.05) is 72.8 Å². The number of hydrogen-bond donors (Lipinski definition) is 0. The Labute approximate surface area is 248 Å². The Balaban J connectivity index is 1.40. The number of rotatable bonds is 7. The average Bonchev–Trinajstić information content (AvgIpc) is 3.49. The van der Waals surface area contributed by atoms with E-state index < -0.39 is 24.0 Å². The molecule has 6 rings (SSSR count). The van der Waals surface area contributed by atoms with Crippen LogP contribution in [0.1, 0.15) is 17.2 Å². The molecular formula is C31H24Br2N2O5. The fraction of sp³-hybridized carbons (Fsp3) is 0.161. The van der Waals surface area contributed by atoms with Crippen molar-refractivity contribution in [1.29, 1.82) is 0 Å². The zero-order valence-corrected chi connectivity index (χ0v) is 24.5. The van der Waals surface area contributed by atoms with Crippen molar-refractivity contribution in [2.45, 2.75) is 18.8 Å². The Morgan fingerprint density at radius 3 is 2.15 bits per heavy atom. The highest BCUT2D eigenvalue weighted by Crippen LogP contribution is 2.50. The van der Waals surface area contributed by atoms with Crippen molar-refractivity contribution in [1.82, 2.24) is 0 Å². The van der Waals surface area contributed by atoms with Gasteiger partial charge in [0.2, 0.25) is 5.91 Å². The van der Waals surface area contributed by atoms with Gasteiger partial charge in [0.05, 0.1) is 24.5 Å². The summed E-state index contributed by atoms with van der Waals surface area (Å²) in [6.45, 7) is 0.367. The third-order valence-corrected chi connectivity index (χ3v) is 8.27. The predicted molar refractivity (Wildman–Crippen MR) is 158 cm³/mol. The minimum absolute atomic E-state index is 0.323. The molecule has 0 radical (unpaired) electrons. The number of para-hydroxylation sites is 1. The first-order valence-electron chi connectivity index (χ1n) is 12.6. The smallest absolute Gasteiger partial charge is 0.266 e. The highest BCUT2D eigenvalue weighted by molar-refractivity contribution is 9.10. The maximum Gasteiger partial charge on any atom is 0.266 e. The lowest BCUT2D eigenvalue weighted by atomic mass is 9.90. The van der Waals surface area contributed by atoms with Crippen LogP contribution in [0.4, 0.5) is 11.4 Å². The molecule has 0 bridgehead atoms. The first kappa shape index (κ1) is 26.6. The van der Waals surface area contributed by atoms with Crippen molar-refractivity contribution in [3.8, 4) is 11.5 Å². The number of halogens is 2. The van der Waals surface area contributed by atoms with Crippen molar-refractivity contribution in [3.63, 3.8) is 0 Å². The maximum absolute atomic E-state index is 14.0. The number of hydroxylamine groups is 1. The number of fused-ring (bicyclic) bond motifs is 1. The molecule has 4 aromatic carbocycles. The van der Waals surface area contributed by atoms with Crippen LogP contribution in [0.25, 0.3) is 0 Å². The van der Waals surface area contributed by atoms with Gasteiger partial charge in [-0.1, -0.05) is 80.4 Å². The van der Waals surface area contributed by atoms with Crippen molar-refractivity contribution in [2.24, 2.45) is 5.92 Å². The fourth-order valence-electron chi connectivity index (χ4n) is 5.16. The number of nitrogens with zero attached hydrogens (tertiary/aromatic N) is 2. The Kier molecular flexibility index (Phi) is 7.35. The lowest BCUT2D eigenvalue weighted by Crippen LogP contribution is -2.37. The molecule has 3 atom stereocenters. The Hall–Kier alpha value is -3.66. The summed E-state index contributed by atoms with van der Waals surface area (Å²) in [5, 5.41) is 1.66. The highest BCUT2D eigenvalue weighted by Gasteiger charge is 2.60. The average molecular weight is 664 g/mol. The number of anilines is 2. The molecule has 9 heteroatoms. The first-order valence-corrected chi connectivity index (χ1v) is 14.2. The Morgan fingerprint density at radius 2 is 1.48 bits per heavy atom. The summed E-state index contributed by atoms with van der Waals surface area (Å²) >= 11 is 7.13. The van der Waals surface area contributed by atoms with Gasteiger partial charge in [0.15, 0.2) is 17.6 Å². The summed E-state index contributed by atoms with van der Waals surface area (Å²) in [5.74, 6) is -0.447. The molecule has 0 N–H and O–H groups in total. The van der Waals surface area contributed by atoms with E-state index in [0.29, 0.717) is 28.3 Å². The minimum atomic E-state index is -0.978. The van der Waals surface area contributed by atoms with Gasteiger partial charge in [-0.05, 0) is 59.7 Å². The summed E-state index contributed by atoms with van der Waals surface area (Å²) in [7, 11) is 1.57. The number of amides is 2. The van der Waals surface area contributed by atoms with E-state index in [1.54, 1.807) is 36.4 Å². The van der Waals surface area contributed by atoms with Crippen LogP contribution in [0.2, 0.25) is 0 Å². The lowest BCUT2D eigenvalue weighted by molar-refractivity contribution is -0.126. The second kappa shape index (κ2) is 11.1. The Bertz CT molecular complexity index is 1550. The predicted octanol–water partition coefficient (Wildman–Crippen LogP) is 6.85. The van der Waals surface area contributed by atoms with Gasteiger partial charge < -0.3 is 9.47 Å². The largest absolute Gasteiger partial charge is 0.493 e. The molecule has 2 saturated heterocycles. The summed E-state index contributed by atoms with van der Waals surface area (Å²) in [6.07, 6.45) is -0.978. The van der Waals surface area contributed by atoms with Crippen molar-refractivity contribution in [3.05, 3.63) is 117 Å². The summed E-state index contributed by atoms with van der Waals surface area (Å²) in [6, 6.07) is 29.4. The van der Waals surface area contributed by atoms with E-state index >= 15 is 0 Å². The second-order valence-corrected chi connectivity index (χ2v) is 11.2. The highest BCUT2D eigenvalue weighted by atomic mass is 79.9. The summed E-state index contributed by atoms with van der Waals surface area (Å²) in [5.41, 5.74) is 2.99. The number of carbonyl (C=O) groups excluding carboxylic acids is 2. The van der Waals surface area contributed by atoms with Crippen LogP contribution in [0.5, 0.6) is 11.5 Å². The zero-order chi connectivity index (χ0) is 27.8. The van der Waals surface area contributed by atoms with Crippen LogP contribution in [0.3, 0.4) is 0 Å². The normalized spacial score (nSPS) is 20.1. The molecule has 202 valence electrons. The van der Waals surface area contributed by atoms with E-state index in [1.165, 1.54) is 4.90 Å². The van der Waals surface area contributed by atoms with Gasteiger partial charge in [0.25, 0.3) is 5.91 Å². The number of methoxy groups -OCH3 is 1. The number of hydrogen-bond acceptors (Lipinski definition) is 6. The molecule has 0 aliphatic carbocycles. The third kappa shape index (κ3) is 4.78. The molecule has 40 heavy (non-hydrogen) atoms. The fourth-order valence-corrected chi connectivity index (χ4v) is 5.98. The van der Waals surface area contributed by atoms with Gasteiger partial charge in [0, 0.05) is 8.95 Å². The molecule has 0 saturated carbocycles. The third-order valence-electron chi connectivity index (χ3n) is 7.05. The standard InChI is InChI=1S/C31H24Br2N2O5/c1-38-25-16-23(24(33)17-26(25)39-18-19-8-4-2-5-9-19)28-27-29(40-35(28)22-10-6-3-7-11-22)31(37)34(30(27)36)21-14-12-20(32)13-15-21/h2-17,27-29H,18H2,1H3/t27-,28+,29-/m1/s1. The summed E-state index contributed by atoms with van der Waals surface area (Å²) in [4.78, 5) is 35.1. The number of benzene rings is 4. The van der Waals surface area contributed by atoms with Gasteiger partial charge in [-0.25, -0.2) is 9.96 Å². The van der Waals surface area contributed by atoms with Crippen molar-refractivity contribution in [2.75, 3.05) is 17.1 Å². The molecule has 2 amide bonds. The molecule has 0 aromatic heterocycles. The molecule has 0 unspecified atom stereocenters. The molecule has 7 nitrogen and oxygen atoms in total. The Morgan fingerprint density at radius 1 is 0.800 bits per heavy atom. The van der Waals surface area contributed by atoms with Gasteiger partial charge in [-0.3, -0.25) is 14.4 Å². The van der Waals surface area contributed by atoms with Crippen LogP contribution in [-0.2, 0) is 21.0 Å². The van der Waals surface area contributed by atoms with Crippen molar-refractivity contribution >= 4 is 55.0 Å². The molecular weight excluding hydrogens is 640 g/mol. The van der Waals surface area contributed by atoms with E-state index in [4.69, 9.17) is 14.3 Å². The zero-order valence-electron chi connectivity index (χ0n) is 21.4. The van der Waals surface area contributed by atoms with E-state index in [-0.39, 0.29) is 5.91 Å².